The van der Waals surface area contributed by atoms with E-state index in [0.29, 0.717) is 45.3 Å². The van der Waals surface area contributed by atoms with Gasteiger partial charge in [-0.25, -0.2) is 0 Å². The van der Waals surface area contributed by atoms with Crippen LogP contribution in [0.15, 0.2) is 84.9 Å². The summed E-state index contributed by atoms with van der Waals surface area (Å²) in [6.45, 7) is 48.5. The van der Waals surface area contributed by atoms with Gasteiger partial charge in [-0.05, 0) is 155 Å². The molecule has 7 heteroatoms. The van der Waals surface area contributed by atoms with Crippen molar-refractivity contribution >= 4 is 0 Å². The molecule has 0 radical (unpaired) electrons. The number of phenols is 3. The Morgan fingerprint density at radius 2 is 0.318 bits per heavy atom. The smallest absolute Gasteiger partial charge is 0.126 e. The molecule has 0 aliphatic carbocycles. The molecule has 468 valence electrons. The van der Waals surface area contributed by atoms with Gasteiger partial charge in [0.2, 0.25) is 0 Å². The first-order valence-electron chi connectivity index (χ1n) is 32.4. The van der Waals surface area contributed by atoms with E-state index in [1.54, 1.807) is 0 Å². The maximum absolute atomic E-state index is 13.0. The minimum Gasteiger partial charge on any atom is -0.507 e. The Kier molecular flexibility index (Phi) is 16.7. The quantitative estimate of drug-likeness (QED) is 0.139. The van der Waals surface area contributed by atoms with Crippen molar-refractivity contribution in [2.75, 3.05) is 26.4 Å². The van der Waals surface area contributed by atoms with Gasteiger partial charge >= 0.3 is 0 Å². The summed E-state index contributed by atoms with van der Waals surface area (Å²) in [6.07, 6.45) is 2.98. The number of rotatable bonds is 0. The van der Waals surface area contributed by atoms with Gasteiger partial charge in [0, 0.05) is 44.9 Å². The molecule has 14 bridgehead atoms. The normalized spacial score (nSPS) is 15.3. The fourth-order valence-corrected chi connectivity index (χ4v) is 12.9. The van der Waals surface area contributed by atoms with Crippen molar-refractivity contribution in [3.05, 3.63) is 202 Å². The van der Waals surface area contributed by atoms with Crippen molar-refractivity contribution in [1.29, 1.82) is 0 Å². The van der Waals surface area contributed by atoms with Gasteiger partial charge in [-0.1, -0.05) is 230 Å². The maximum Gasteiger partial charge on any atom is 0.126 e. The van der Waals surface area contributed by atoms with E-state index in [2.05, 4.69) is 230 Å². The highest BCUT2D eigenvalue weighted by Gasteiger charge is 2.32. The second kappa shape index (κ2) is 22.9. The van der Waals surface area contributed by atoms with Crippen molar-refractivity contribution in [3.8, 4) is 40.2 Å². The molecule has 0 aromatic heterocycles. The standard InChI is InChI=1S/C81H102O7/c1-75(2,3)61-33-47-26-49-35-62(76(4,5)6)37-51(69(49)83)28-53-39-64(78(10,11)12)41-55-30-57-43-66(80(16,17)18)45-59-32-60-46-67(81(19,20)21)44-58(74(60)88-25-24-87-73(57)59)31-56-42-65(79(13,14)15)40-54(72(56)86-23-22-85-71(53)55)29-52-38-63(77(7,8)9)36-50(70(52)84)27-48(34-61)68(47)82/h33-46,82-84H,22-32H2,1-21H3. The van der Waals surface area contributed by atoms with Gasteiger partial charge < -0.3 is 34.3 Å². The summed E-state index contributed by atoms with van der Waals surface area (Å²) in [5.41, 5.74) is 19.1. The van der Waals surface area contributed by atoms with Gasteiger partial charge in [0.1, 0.15) is 66.7 Å². The van der Waals surface area contributed by atoms with E-state index >= 15 is 0 Å². The lowest BCUT2D eigenvalue weighted by Crippen LogP contribution is -2.19. The van der Waals surface area contributed by atoms with E-state index in [1.807, 2.05) is 0 Å². The summed E-state index contributed by atoms with van der Waals surface area (Å²) in [5, 5.41) is 38.9. The molecule has 0 fully saturated rings. The highest BCUT2D eigenvalue weighted by molar-refractivity contribution is 5.62. The average Bonchev–Trinajstić information content (AvgIpc) is 1.61. The summed E-state index contributed by atoms with van der Waals surface area (Å²) >= 11 is 0. The van der Waals surface area contributed by atoms with Crippen LogP contribution in [0.1, 0.15) is 262 Å². The molecule has 10 rings (SSSR count). The number of hydrogen-bond acceptors (Lipinski definition) is 7. The van der Waals surface area contributed by atoms with Crippen molar-refractivity contribution in [2.24, 2.45) is 0 Å². The minimum absolute atomic E-state index is 0.167. The Hall–Kier alpha value is -6.86. The van der Waals surface area contributed by atoms with Crippen molar-refractivity contribution < 1.29 is 34.3 Å². The molecule has 3 N–H and O–H groups in total. The lowest BCUT2D eigenvalue weighted by molar-refractivity contribution is 0.211. The Morgan fingerprint density at radius 3 is 0.455 bits per heavy atom. The van der Waals surface area contributed by atoms with Crippen LogP contribution in [0.25, 0.3) is 0 Å². The summed E-state index contributed by atoms with van der Waals surface area (Å²) in [7, 11) is 0. The topological polar surface area (TPSA) is 97.6 Å². The molecule has 3 aliphatic rings. The molecule has 0 saturated carbocycles. The molecule has 3 aliphatic heterocycles. The predicted octanol–water partition coefficient (Wildman–Crippen LogP) is 18.9. The first-order chi connectivity index (χ1) is 40.7. The Balaban J connectivity index is 1.35. The Morgan fingerprint density at radius 1 is 0.205 bits per heavy atom. The van der Waals surface area contributed by atoms with Gasteiger partial charge in [0.25, 0.3) is 0 Å². The zero-order chi connectivity index (χ0) is 64.2. The summed E-state index contributed by atoms with van der Waals surface area (Å²) < 4.78 is 29.0. The van der Waals surface area contributed by atoms with Crippen LogP contribution in [0.2, 0.25) is 0 Å². The second-order valence-corrected chi connectivity index (χ2v) is 33.3. The zero-order valence-electron chi connectivity index (χ0n) is 57.3. The first kappa shape index (κ1) is 64.1. The molecule has 3 heterocycles. The molecule has 7 aromatic carbocycles. The highest BCUT2D eigenvalue weighted by atomic mass is 16.5. The van der Waals surface area contributed by atoms with Crippen molar-refractivity contribution in [3.63, 3.8) is 0 Å². The average molecular weight is 1190 g/mol. The third-order valence-corrected chi connectivity index (χ3v) is 18.7. The molecular weight excluding hydrogens is 1080 g/mol. The number of hydrogen-bond donors (Lipinski definition) is 3. The molecule has 0 unspecified atom stereocenters. The highest BCUT2D eigenvalue weighted by Crippen LogP contribution is 2.47. The molecule has 0 atom stereocenters. The fourth-order valence-electron chi connectivity index (χ4n) is 12.9. The van der Waals surface area contributed by atoms with Gasteiger partial charge in [0.15, 0.2) is 0 Å². The molecule has 7 nitrogen and oxygen atoms in total. The van der Waals surface area contributed by atoms with E-state index in [0.717, 1.165) is 129 Å². The molecular formula is C81H102O7. The number of benzene rings is 7. The third kappa shape index (κ3) is 13.5. The van der Waals surface area contributed by atoms with Crippen LogP contribution in [0.4, 0.5) is 0 Å². The van der Waals surface area contributed by atoms with Crippen LogP contribution in [-0.4, -0.2) is 41.7 Å². The van der Waals surface area contributed by atoms with Crippen molar-refractivity contribution in [2.45, 2.75) is 228 Å². The number of aromatic hydroxyl groups is 3. The lowest BCUT2D eigenvalue weighted by atomic mass is 9.79. The van der Waals surface area contributed by atoms with E-state index in [1.165, 1.54) is 11.1 Å². The van der Waals surface area contributed by atoms with Crippen LogP contribution in [-0.2, 0) is 82.9 Å². The van der Waals surface area contributed by atoms with Crippen LogP contribution < -0.4 is 18.9 Å². The third-order valence-electron chi connectivity index (χ3n) is 18.7. The maximum atomic E-state index is 13.0. The minimum atomic E-state index is -0.288. The zero-order valence-corrected chi connectivity index (χ0v) is 57.3. The summed E-state index contributed by atoms with van der Waals surface area (Å²) in [5.74, 6) is 3.86. The van der Waals surface area contributed by atoms with E-state index in [-0.39, 0.29) is 81.2 Å². The second-order valence-electron chi connectivity index (χ2n) is 33.3. The Bertz CT molecular complexity index is 3600. The fraction of sp³-hybridized carbons (Fsp3) is 0.481. The molecule has 0 saturated heterocycles. The van der Waals surface area contributed by atoms with Crippen LogP contribution in [0.5, 0.6) is 40.2 Å². The Labute approximate surface area is 528 Å². The molecule has 88 heavy (non-hydrogen) atoms. The monoisotopic (exact) mass is 1190 g/mol. The van der Waals surface area contributed by atoms with Crippen LogP contribution >= 0.6 is 0 Å². The van der Waals surface area contributed by atoms with Crippen LogP contribution in [0.3, 0.4) is 0 Å². The van der Waals surface area contributed by atoms with Gasteiger partial charge in [-0.15, -0.1) is 0 Å². The summed E-state index contributed by atoms with van der Waals surface area (Å²) in [4.78, 5) is 0. The molecule has 0 spiro atoms. The molecule has 7 aromatic rings. The lowest BCUT2D eigenvalue weighted by Gasteiger charge is -2.27. The van der Waals surface area contributed by atoms with Gasteiger partial charge in [0.05, 0.1) is 0 Å². The van der Waals surface area contributed by atoms with E-state index < -0.39 is 0 Å². The van der Waals surface area contributed by atoms with E-state index in [4.69, 9.17) is 18.9 Å². The van der Waals surface area contributed by atoms with Crippen LogP contribution in [0, 0.1) is 0 Å². The summed E-state index contributed by atoms with van der Waals surface area (Å²) in [6, 6.07) is 31.6. The number of fused-ring (bicyclic) bond motifs is 9. The number of ether oxygens (including phenoxy) is 4. The SMILES string of the molecule is CC(C)(C)c1cc2c(O)c(c1)Cc1cc(C(C)(C)C)cc(c1O)Cc1cc(C(C)(C)C)cc3c1OCCOc1c(cc(C(C)(C)C)cc1Cc1cc(C(C)(C)C)cc4c1OCCOc1c(cc(C(C)(C)C)cc1C4)C3)Cc1cc(C(C)(C)C)cc(c1O)C2. The van der Waals surface area contributed by atoms with Crippen molar-refractivity contribution in [1.82, 2.24) is 0 Å². The molecule has 0 amide bonds. The predicted molar refractivity (Wildman–Crippen MR) is 363 cm³/mol. The first-order valence-corrected chi connectivity index (χ1v) is 32.4. The largest absolute Gasteiger partial charge is 0.507 e. The van der Waals surface area contributed by atoms with Gasteiger partial charge in [-0.3, -0.25) is 0 Å². The number of phenolic OH excluding ortho intramolecular Hbond substituents is 3. The van der Waals surface area contributed by atoms with E-state index in [9.17, 15) is 15.3 Å². The van der Waals surface area contributed by atoms with Gasteiger partial charge in [-0.2, -0.15) is 0 Å².